The van der Waals surface area contributed by atoms with E-state index >= 15 is 0 Å². The summed E-state index contributed by atoms with van der Waals surface area (Å²) in [5.74, 6) is 0. The maximum absolute atomic E-state index is 2.69. The molecule has 4 aliphatic rings. The first-order valence-electron chi connectivity index (χ1n) is 23.5. The van der Waals surface area contributed by atoms with Crippen molar-refractivity contribution >= 4 is 89.1 Å². The number of rotatable bonds is 3. The van der Waals surface area contributed by atoms with Gasteiger partial charge in [0, 0.05) is 38.6 Å². The fourth-order valence-corrected chi connectivity index (χ4v) is 13.0. The summed E-state index contributed by atoms with van der Waals surface area (Å²) < 4.78 is 2.69. The number of fused-ring (bicyclic) bond motifs is 12. The van der Waals surface area contributed by atoms with E-state index < -0.39 is 0 Å². The number of benzene rings is 9. The van der Waals surface area contributed by atoms with Gasteiger partial charge in [0.25, 0.3) is 6.71 Å². The Morgan fingerprint density at radius 1 is 0.523 bits per heavy atom. The number of hydrogen-bond donors (Lipinski definition) is 0. The van der Waals surface area contributed by atoms with Crippen molar-refractivity contribution in [3.63, 3.8) is 0 Å². The Bertz CT molecular complexity index is 3820. The number of aromatic nitrogens is 1. The first kappa shape index (κ1) is 37.1. The fraction of sp³-hybridized carbons (Fsp3) is 0.129. The molecule has 1 aromatic heterocycles. The number of anilines is 3. The van der Waals surface area contributed by atoms with Gasteiger partial charge in [0.1, 0.15) is 0 Å². The third-order valence-corrected chi connectivity index (χ3v) is 15.6. The Morgan fingerprint density at radius 2 is 1.25 bits per heavy atom. The van der Waals surface area contributed by atoms with Gasteiger partial charge >= 0.3 is 0 Å². The molecule has 3 heteroatoms. The molecule has 0 atom stereocenters. The maximum Gasteiger partial charge on any atom is 0.252 e. The minimum atomic E-state index is -0.175. The molecule has 4 heterocycles. The van der Waals surface area contributed by atoms with Crippen LogP contribution in [0.2, 0.25) is 0 Å². The Morgan fingerprint density at radius 3 is 2.05 bits per heavy atom. The number of allylic oxidation sites excluding steroid dienone is 4. The molecule has 1 aliphatic carbocycles. The number of nitrogens with zero attached hydrogens (tertiary/aromatic N) is 2. The normalized spacial score (nSPS) is 15.1. The molecule has 0 saturated heterocycles. The number of para-hydroxylation sites is 2. The van der Waals surface area contributed by atoms with Crippen molar-refractivity contribution in [2.75, 3.05) is 4.90 Å². The zero-order valence-corrected chi connectivity index (χ0v) is 37.6. The molecule has 0 N–H and O–H groups in total. The fourth-order valence-electron chi connectivity index (χ4n) is 13.0. The lowest BCUT2D eigenvalue weighted by Crippen LogP contribution is -2.61. The van der Waals surface area contributed by atoms with Crippen molar-refractivity contribution < 1.29 is 0 Å². The van der Waals surface area contributed by atoms with Gasteiger partial charge in [0.05, 0.1) is 16.7 Å². The molecule has 0 spiro atoms. The summed E-state index contributed by atoms with van der Waals surface area (Å²) in [5, 5.41) is 7.91. The van der Waals surface area contributed by atoms with E-state index in [1.807, 2.05) is 0 Å². The highest BCUT2D eigenvalue weighted by Gasteiger charge is 2.48. The summed E-state index contributed by atoms with van der Waals surface area (Å²) >= 11 is 0. The lowest BCUT2D eigenvalue weighted by molar-refractivity contribution is 0.632. The van der Waals surface area contributed by atoms with E-state index in [2.05, 4.69) is 214 Å². The van der Waals surface area contributed by atoms with Crippen LogP contribution in [-0.4, -0.2) is 11.3 Å². The first-order chi connectivity index (χ1) is 31.8. The average Bonchev–Trinajstić information content (AvgIpc) is 3.67. The Hall–Kier alpha value is -7.36. The zero-order chi connectivity index (χ0) is 43.5. The molecule has 0 bridgehead atoms. The molecule has 0 fully saturated rings. The second-order valence-corrected chi connectivity index (χ2v) is 19.6. The molecule has 0 unspecified atom stereocenters. The molecule has 9 aromatic carbocycles. The Balaban J connectivity index is 1.24. The first-order valence-corrected chi connectivity index (χ1v) is 23.5. The van der Waals surface area contributed by atoms with Crippen LogP contribution >= 0.6 is 0 Å². The predicted octanol–water partition coefficient (Wildman–Crippen LogP) is 14.3. The lowest BCUT2D eigenvalue weighted by Gasteiger charge is -2.48. The van der Waals surface area contributed by atoms with Crippen molar-refractivity contribution in [1.82, 2.24) is 4.57 Å². The summed E-state index contributed by atoms with van der Waals surface area (Å²) in [7, 11) is 0. The van der Waals surface area contributed by atoms with Crippen molar-refractivity contribution in [1.29, 1.82) is 0 Å². The monoisotopic (exact) mass is 830 g/mol. The van der Waals surface area contributed by atoms with Crippen molar-refractivity contribution in [2.24, 2.45) is 0 Å². The van der Waals surface area contributed by atoms with Crippen LogP contribution in [0, 0.1) is 20.8 Å². The summed E-state index contributed by atoms with van der Waals surface area (Å²) in [6.45, 7) is 11.7. The predicted molar refractivity (Wildman–Crippen MR) is 279 cm³/mol. The molecule has 308 valence electrons. The van der Waals surface area contributed by atoms with Crippen LogP contribution in [-0.2, 0) is 5.41 Å². The minimum Gasteiger partial charge on any atom is -0.311 e. The van der Waals surface area contributed by atoms with Crippen LogP contribution in [0.15, 0.2) is 170 Å². The topological polar surface area (TPSA) is 8.17 Å². The van der Waals surface area contributed by atoms with E-state index in [1.54, 1.807) is 0 Å². The van der Waals surface area contributed by atoms with Gasteiger partial charge in [0.15, 0.2) is 0 Å². The summed E-state index contributed by atoms with van der Waals surface area (Å²) in [6, 6.07) is 58.4. The zero-order valence-electron chi connectivity index (χ0n) is 37.6. The number of aryl methyl sites for hydroxylation is 3. The molecule has 14 rings (SSSR count). The highest BCUT2D eigenvalue weighted by molar-refractivity contribution is 7.00. The second kappa shape index (κ2) is 13.1. The van der Waals surface area contributed by atoms with Crippen LogP contribution in [0.1, 0.15) is 60.1 Å². The van der Waals surface area contributed by atoms with E-state index in [-0.39, 0.29) is 12.1 Å². The molecule has 3 aliphatic heterocycles. The van der Waals surface area contributed by atoms with Gasteiger partial charge in [-0.15, -0.1) is 0 Å². The van der Waals surface area contributed by atoms with Gasteiger partial charge in [-0.25, -0.2) is 0 Å². The Kier molecular flexibility index (Phi) is 7.48. The minimum absolute atomic E-state index is 0.0185. The third-order valence-electron chi connectivity index (χ3n) is 15.6. The summed E-state index contributed by atoms with van der Waals surface area (Å²) in [6.07, 6.45) is 9.37. The SMILES string of the molecule is Cc1cc2c3c(c1)-n1c4cc(-c5c(C)cccc5C)ccc4c4c5c(-c6ccccc6)c6ccccc6c(C6=CCCC=C6)c5cc(c41)B3c1cccc3c1N2c1ccccc1C3(C)C. The van der Waals surface area contributed by atoms with E-state index in [1.165, 1.54) is 144 Å². The van der Waals surface area contributed by atoms with E-state index in [0.29, 0.717) is 0 Å². The van der Waals surface area contributed by atoms with Crippen molar-refractivity contribution in [2.45, 2.75) is 52.9 Å². The highest BCUT2D eigenvalue weighted by Crippen LogP contribution is 2.54. The lowest BCUT2D eigenvalue weighted by atomic mass is 9.33. The molecule has 2 nitrogen and oxygen atoms in total. The molecular formula is C62H47BN2. The molecular weight excluding hydrogens is 784 g/mol. The average molecular weight is 831 g/mol. The maximum atomic E-state index is 2.69. The smallest absolute Gasteiger partial charge is 0.252 e. The molecule has 65 heavy (non-hydrogen) atoms. The molecule has 10 aromatic rings. The van der Waals surface area contributed by atoms with Crippen molar-refractivity contribution in [3.8, 4) is 27.9 Å². The van der Waals surface area contributed by atoms with Crippen LogP contribution in [0.5, 0.6) is 0 Å². The molecule has 0 amide bonds. The summed E-state index contributed by atoms with van der Waals surface area (Å²) in [5.41, 5.74) is 26.2. The van der Waals surface area contributed by atoms with E-state index in [4.69, 9.17) is 0 Å². The van der Waals surface area contributed by atoms with Crippen molar-refractivity contribution in [3.05, 3.63) is 203 Å². The largest absolute Gasteiger partial charge is 0.311 e. The third kappa shape index (κ3) is 4.80. The van der Waals surface area contributed by atoms with Gasteiger partial charge in [-0.3, -0.25) is 0 Å². The van der Waals surface area contributed by atoms with Crippen LogP contribution < -0.4 is 21.3 Å². The second-order valence-electron chi connectivity index (χ2n) is 19.6. The van der Waals surface area contributed by atoms with Gasteiger partial charge < -0.3 is 9.47 Å². The number of hydrogen-bond acceptors (Lipinski definition) is 1. The van der Waals surface area contributed by atoms with E-state index in [0.717, 1.165) is 12.8 Å². The standard InChI is InChI=1S/C62H47BN2/c1-36-32-52-59-53(33-36)65-51-34-41(54-37(2)18-16-19-38(54)3)30-31-44(51)58-57-45(55(39-20-8-6-9-21-39)42-24-12-13-25-43(42)56(57)40-22-10-7-11-23-40)35-49(61(58)65)63(59)48-28-17-27-47-60(48)64(52)50-29-15-14-26-46(50)62(47,4)5/h7-8,10-35H,6,9H2,1-5H3. The quantitative estimate of drug-likeness (QED) is 0.127. The molecule has 0 radical (unpaired) electrons. The summed E-state index contributed by atoms with van der Waals surface area (Å²) in [4.78, 5) is 2.63. The van der Waals surface area contributed by atoms with Gasteiger partial charge in [0.2, 0.25) is 0 Å². The van der Waals surface area contributed by atoms with E-state index in [9.17, 15) is 0 Å². The molecule has 0 saturated carbocycles. The highest BCUT2D eigenvalue weighted by atomic mass is 15.2. The Labute approximate surface area is 380 Å². The van der Waals surface area contributed by atoms with Crippen LogP contribution in [0.4, 0.5) is 17.1 Å². The van der Waals surface area contributed by atoms with Gasteiger partial charge in [-0.2, -0.15) is 0 Å². The van der Waals surface area contributed by atoms with Crippen LogP contribution in [0.3, 0.4) is 0 Å². The van der Waals surface area contributed by atoms with Gasteiger partial charge in [-0.05, 0) is 152 Å². The van der Waals surface area contributed by atoms with Crippen LogP contribution in [0.25, 0.3) is 76.9 Å². The van der Waals surface area contributed by atoms with Gasteiger partial charge in [-0.1, -0.05) is 159 Å².